The smallest absolute Gasteiger partial charge is 0.282 e. The summed E-state index contributed by atoms with van der Waals surface area (Å²) in [6, 6.07) is 1.68. The van der Waals surface area contributed by atoms with E-state index in [1.165, 1.54) is 0 Å². The van der Waals surface area contributed by atoms with Crippen LogP contribution in [0.15, 0.2) is 10.6 Å². The van der Waals surface area contributed by atoms with Crippen molar-refractivity contribution in [2.45, 2.75) is 51.5 Å². The van der Waals surface area contributed by atoms with Crippen LogP contribution in [-0.4, -0.2) is 41.8 Å². The maximum atomic E-state index is 12.9. The molecule has 2 saturated heterocycles. The molecule has 0 bridgehead atoms. The molecule has 0 aromatic carbocycles. The predicted octanol–water partition coefficient (Wildman–Crippen LogP) is 2.24. The molecule has 0 radical (unpaired) electrons. The fourth-order valence-electron chi connectivity index (χ4n) is 3.26. The SMILES string of the molecule is Cc1cc(C2CCCCCN2S(=O)(=O)N2CCCC2)no1. The molecule has 2 aliphatic rings. The Balaban J connectivity index is 1.91. The predicted molar refractivity (Wildman–Crippen MR) is 78.9 cm³/mol. The largest absolute Gasteiger partial charge is 0.361 e. The first-order chi connectivity index (χ1) is 10.1. The van der Waals surface area contributed by atoms with Gasteiger partial charge in [0.1, 0.15) is 11.5 Å². The molecule has 21 heavy (non-hydrogen) atoms. The number of aromatic nitrogens is 1. The highest BCUT2D eigenvalue weighted by Gasteiger charge is 2.38. The van der Waals surface area contributed by atoms with Crippen molar-refractivity contribution in [2.75, 3.05) is 19.6 Å². The van der Waals surface area contributed by atoms with Crippen molar-refractivity contribution in [1.29, 1.82) is 0 Å². The molecule has 1 unspecified atom stereocenters. The average molecular weight is 313 g/mol. The second-order valence-corrected chi connectivity index (χ2v) is 7.83. The third-order valence-electron chi connectivity index (χ3n) is 4.38. The molecule has 1 aromatic heterocycles. The van der Waals surface area contributed by atoms with Crippen LogP contribution in [0.1, 0.15) is 56.0 Å². The van der Waals surface area contributed by atoms with Gasteiger partial charge in [-0.25, -0.2) is 0 Å². The van der Waals surface area contributed by atoms with Gasteiger partial charge in [-0.2, -0.15) is 17.0 Å². The van der Waals surface area contributed by atoms with Gasteiger partial charge >= 0.3 is 0 Å². The maximum absolute atomic E-state index is 12.9. The lowest BCUT2D eigenvalue weighted by Crippen LogP contribution is -2.44. The summed E-state index contributed by atoms with van der Waals surface area (Å²) in [5.74, 6) is 0.729. The first kappa shape index (κ1) is 15.0. The zero-order valence-corrected chi connectivity index (χ0v) is 13.3. The van der Waals surface area contributed by atoms with Crippen molar-refractivity contribution in [1.82, 2.24) is 13.8 Å². The van der Waals surface area contributed by atoms with E-state index in [-0.39, 0.29) is 6.04 Å². The molecule has 0 N–H and O–H groups in total. The summed E-state index contributed by atoms with van der Waals surface area (Å²) in [6.07, 6.45) is 5.75. The minimum absolute atomic E-state index is 0.185. The number of hydrogen-bond acceptors (Lipinski definition) is 4. The normalized spacial score (nSPS) is 26.0. The third kappa shape index (κ3) is 3.00. The monoisotopic (exact) mass is 313 g/mol. The molecule has 3 heterocycles. The van der Waals surface area contributed by atoms with Crippen molar-refractivity contribution >= 4 is 10.2 Å². The standard InChI is InChI=1S/C14H23N3O3S/c1-12-11-13(15-20-12)14-7-3-2-4-10-17(14)21(18,19)16-8-5-6-9-16/h11,14H,2-10H2,1H3. The number of hydrogen-bond donors (Lipinski definition) is 0. The van der Waals surface area contributed by atoms with Crippen molar-refractivity contribution in [3.63, 3.8) is 0 Å². The molecule has 0 aliphatic carbocycles. The molecule has 1 aromatic rings. The Morgan fingerprint density at radius 3 is 2.52 bits per heavy atom. The van der Waals surface area contributed by atoms with Gasteiger partial charge in [0.2, 0.25) is 0 Å². The van der Waals surface area contributed by atoms with Crippen molar-refractivity contribution in [2.24, 2.45) is 0 Å². The highest BCUT2D eigenvalue weighted by atomic mass is 32.2. The van der Waals surface area contributed by atoms with Crippen molar-refractivity contribution in [3.8, 4) is 0 Å². The molecule has 7 heteroatoms. The van der Waals surface area contributed by atoms with Crippen LogP contribution in [0.2, 0.25) is 0 Å². The van der Waals surface area contributed by atoms with Crippen LogP contribution in [0.25, 0.3) is 0 Å². The molecule has 6 nitrogen and oxygen atoms in total. The second-order valence-electron chi connectivity index (χ2n) is 5.95. The lowest BCUT2D eigenvalue weighted by Gasteiger charge is -2.31. The fourth-order valence-corrected chi connectivity index (χ4v) is 5.17. The van der Waals surface area contributed by atoms with Gasteiger partial charge in [-0.3, -0.25) is 0 Å². The topological polar surface area (TPSA) is 66.7 Å². The Morgan fingerprint density at radius 2 is 1.86 bits per heavy atom. The number of nitrogens with zero attached hydrogens (tertiary/aromatic N) is 3. The summed E-state index contributed by atoms with van der Waals surface area (Å²) in [5.41, 5.74) is 0.747. The maximum Gasteiger partial charge on any atom is 0.282 e. The van der Waals surface area contributed by atoms with E-state index < -0.39 is 10.2 Å². The van der Waals surface area contributed by atoms with E-state index in [0.29, 0.717) is 19.6 Å². The van der Waals surface area contributed by atoms with Crippen LogP contribution in [-0.2, 0) is 10.2 Å². The lowest BCUT2D eigenvalue weighted by atomic mass is 10.1. The van der Waals surface area contributed by atoms with Crippen LogP contribution in [0, 0.1) is 6.92 Å². The van der Waals surface area contributed by atoms with E-state index in [9.17, 15) is 8.42 Å². The first-order valence-electron chi connectivity index (χ1n) is 7.79. The minimum Gasteiger partial charge on any atom is -0.361 e. The average Bonchev–Trinajstić information content (AvgIpc) is 3.06. The minimum atomic E-state index is -3.39. The van der Waals surface area contributed by atoms with Gasteiger partial charge in [0, 0.05) is 25.7 Å². The highest BCUT2D eigenvalue weighted by molar-refractivity contribution is 7.86. The van der Waals surface area contributed by atoms with Crippen LogP contribution < -0.4 is 0 Å². The zero-order valence-electron chi connectivity index (χ0n) is 12.5. The van der Waals surface area contributed by atoms with Gasteiger partial charge in [-0.05, 0) is 32.6 Å². The van der Waals surface area contributed by atoms with Gasteiger partial charge in [0.25, 0.3) is 10.2 Å². The number of rotatable bonds is 3. The quantitative estimate of drug-likeness (QED) is 0.858. The van der Waals surface area contributed by atoms with Crippen molar-refractivity contribution < 1.29 is 12.9 Å². The summed E-state index contributed by atoms with van der Waals surface area (Å²) in [6.45, 7) is 3.70. The van der Waals surface area contributed by atoms with Gasteiger partial charge in [-0.15, -0.1) is 0 Å². The molecular formula is C14H23N3O3S. The highest BCUT2D eigenvalue weighted by Crippen LogP contribution is 2.33. The second kappa shape index (κ2) is 6.06. The summed E-state index contributed by atoms with van der Waals surface area (Å²) >= 11 is 0. The Hall–Kier alpha value is -0.920. The Labute approximate surface area is 126 Å². The zero-order chi connectivity index (χ0) is 14.9. The van der Waals surface area contributed by atoms with E-state index in [4.69, 9.17) is 4.52 Å². The van der Waals surface area contributed by atoms with E-state index in [0.717, 1.165) is 50.0 Å². The van der Waals surface area contributed by atoms with Crippen LogP contribution in [0.5, 0.6) is 0 Å². The molecule has 0 spiro atoms. The molecule has 3 rings (SSSR count). The Bertz CT molecular complexity index is 578. The summed E-state index contributed by atoms with van der Waals surface area (Å²) in [4.78, 5) is 0. The van der Waals surface area contributed by atoms with Crippen molar-refractivity contribution in [3.05, 3.63) is 17.5 Å². The van der Waals surface area contributed by atoms with Gasteiger partial charge in [0.05, 0.1) is 6.04 Å². The molecule has 0 saturated carbocycles. The van der Waals surface area contributed by atoms with Gasteiger partial charge in [-0.1, -0.05) is 18.0 Å². The van der Waals surface area contributed by atoms with E-state index >= 15 is 0 Å². The van der Waals surface area contributed by atoms with E-state index in [1.807, 2.05) is 13.0 Å². The van der Waals surface area contributed by atoms with Gasteiger partial charge < -0.3 is 4.52 Å². The fraction of sp³-hybridized carbons (Fsp3) is 0.786. The first-order valence-corrected chi connectivity index (χ1v) is 9.19. The number of aryl methyl sites for hydroxylation is 1. The summed E-state index contributed by atoms with van der Waals surface area (Å²) in [7, 11) is -3.39. The summed E-state index contributed by atoms with van der Waals surface area (Å²) < 4.78 is 34.3. The van der Waals surface area contributed by atoms with E-state index in [1.54, 1.807) is 8.61 Å². The molecule has 1 atom stereocenters. The van der Waals surface area contributed by atoms with Crippen LogP contribution >= 0.6 is 0 Å². The Morgan fingerprint density at radius 1 is 1.14 bits per heavy atom. The lowest BCUT2D eigenvalue weighted by molar-refractivity contribution is 0.283. The van der Waals surface area contributed by atoms with Crippen LogP contribution in [0.3, 0.4) is 0 Å². The summed E-state index contributed by atoms with van der Waals surface area (Å²) in [5, 5.41) is 4.07. The van der Waals surface area contributed by atoms with Crippen LogP contribution in [0.4, 0.5) is 0 Å². The molecule has 2 fully saturated rings. The Kier molecular flexibility index (Phi) is 4.33. The molecule has 118 valence electrons. The molecule has 2 aliphatic heterocycles. The van der Waals surface area contributed by atoms with E-state index in [2.05, 4.69) is 5.16 Å². The third-order valence-corrected chi connectivity index (χ3v) is 6.43. The molecular weight excluding hydrogens is 290 g/mol. The van der Waals surface area contributed by atoms with Gasteiger partial charge in [0.15, 0.2) is 0 Å². The molecule has 0 amide bonds.